The number of primary amides is 1. The number of carbonyl (C=O) groups excluding carboxylic acids is 1. The van der Waals surface area contributed by atoms with Gasteiger partial charge in [0.15, 0.2) is 0 Å². The third-order valence-electron chi connectivity index (χ3n) is 4.96. The highest BCUT2D eigenvalue weighted by Crippen LogP contribution is 2.41. The third kappa shape index (κ3) is 5.42. The zero-order valence-corrected chi connectivity index (χ0v) is 19.2. The lowest BCUT2D eigenvalue weighted by Gasteiger charge is -2.22. The van der Waals surface area contributed by atoms with Crippen LogP contribution >= 0.6 is 11.6 Å². The summed E-state index contributed by atoms with van der Waals surface area (Å²) >= 11 is 5.98. The Balaban J connectivity index is 2.02. The van der Waals surface area contributed by atoms with Gasteiger partial charge in [-0.05, 0) is 36.4 Å². The molecule has 0 aliphatic carbocycles. The number of hydrogen-bond acceptors (Lipinski definition) is 9. The molecule has 11 nitrogen and oxygen atoms in total. The van der Waals surface area contributed by atoms with Gasteiger partial charge >= 0.3 is 0 Å². The molecule has 0 radical (unpaired) electrons. The second-order valence-electron chi connectivity index (χ2n) is 7.51. The van der Waals surface area contributed by atoms with Crippen molar-refractivity contribution in [2.45, 2.75) is 23.3 Å². The summed E-state index contributed by atoms with van der Waals surface area (Å²) in [5.74, 6) is -2.62. The normalized spacial score (nSPS) is 13.5. The summed E-state index contributed by atoms with van der Waals surface area (Å²) in [5, 5.41) is 18.3. The topological polar surface area (TPSA) is 186 Å². The van der Waals surface area contributed by atoms with E-state index in [2.05, 4.69) is 10.2 Å². The van der Waals surface area contributed by atoms with Gasteiger partial charge in [-0.15, -0.1) is 10.2 Å². The van der Waals surface area contributed by atoms with Crippen LogP contribution in [0.4, 0.5) is 5.69 Å². The summed E-state index contributed by atoms with van der Waals surface area (Å²) in [7, 11) is -1.02. The molecule has 1 heterocycles. The molecule has 33 heavy (non-hydrogen) atoms. The van der Waals surface area contributed by atoms with Crippen molar-refractivity contribution < 1.29 is 27.3 Å². The fourth-order valence-corrected chi connectivity index (χ4v) is 4.21. The molecule has 0 saturated heterocycles. The molecule has 0 aliphatic rings. The molecule has 0 fully saturated rings. The van der Waals surface area contributed by atoms with Crippen LogP contribution in [0, 0.1) is 0 Å². The van der Waals surface area contributed by atoms with Crippen LogP contribution in [0.5, 0.6) is 5.75 Å². The maximum absolute atomic E-state index is 11.7. The number of benzene rings is 2. The smallest absolute Gasteiger partial charge is 0.298 e. The second kappa shape index (κ2) is 9.35. The Morgan fingerprint density at radius 3 is 2.39 bits per heavy atom. The number of aromatic nitrogens is 2. The third-order valence-corrected chi connectivity index (χ3v) is 6.04. The first-order valence-electron chi connectivity index (χ1n) is 9.53. The number of nitrogens with two attached hydrogens (primary N) is 2. The Kier molecular flexibility index (Phi) is 6.93. The molecule has 13 heteroatoms. The minimum Gasteiger partial charge on any atom is -0.506 e. The van der Waals surface area contributed by atoms with Crippen LogP contribution in [0.3, 0.4) is 0 Å². The number of carbonyl (C=O) groups is 1. The monoisotopic (exact) mass is 495 g/mol. The van der Waals surface area contributed by atoms with Gasteiger partial charge < -0.3 is 25.9 Å². The number of phenolic OH excluding ortho intramolecular Hbond substituents is 1. The molecule has 1 aromatic heterocycles. The highest BCUT2D eigenvalue weighted by atomic mass is 35.5. The molecule has 1 unspecified atom stereocenters. The fraction of sp³-hybridized carbons (Fsp3) is 0.250. The van der Waals surface area contributed by atoms with Crippen LogP contribution in [-0.4, -0.2) is 48.3 Å². The van der Waals surface area contributed by atoms with E-state index in [4.69, 9.17) is 27.5 Å². The lowest BCUT2D eigenvalue weighted by atomic mass is 9.88. The summed E-state index contributed by atoms with van der Waals surface area (Å²) in [6.45, 7) is 0. The van der Waals surface area contributed by atoms with Crippen molar-refractivity contribution in [3.05, 3.63) is 52.9 Å². The SMILES string of the molecule is CN(C)c1ccc(-c2nnc([C@@H](N)C(CC(N)=O)c3cc(Cl)cc(S(=O)(=O)O)c3O)o2)cc1. The number of nitrogens with zero attached hydrogens (tertiary/aromatic N) is 3. The number of halogens is 1. The van der Waals surface area contributed by atoms with Crippen molar-refractivity contribution in [2.24, 2.45) is 11.5 Å². The van der Waals surface area contributed by atoms with Crippen LogP contribution < -0.4 is 16.4 Å². The van der Waals surface area contributed by atoms with Crippen molar-refractivity contribution in [2.75, 3.05) is 19.0 Å². The molecule has 3 aromatic rings. The van der Waals surface area contributed by atoms with Gasteiger partial charge in [0, 0.05) is 48.3 Å². The molecule has 3 rings (SSSR count). The number of aromatic hydroxyl groups is 1. The molecule has 0 spiro atoms. The Hall–Kier alpha value is -3.19. The van der Waals surface area contributed by atoms with E-state index < -0.39 is 45.1 Å². The van der Waals surface area contributed by atoms with E-state index in [0.717, 1.165) is 11.8 Å². The van der Waals surface area contributed by atoms with E-state index in [1.54, 1.807) is 12.1 Å². The van der Waals surface area contributed by atoms with Gasteiger partial charge in [0.1, 0.15) is 10.6 Å². The molecule has 0 aliphatic heterocycles. The van der Waals surface area contributed by atoms with Gasteiger partial charge in [-0.25, -0.2) is 0 Å². The van der Waals surface area contributed by atoms with Crippen LogP contribution in [0.2, 0.25) is 5.02 Å². The standard InChI is InChI=1S/C20H22ClN5O6S/c1-26(2)12-5-3-10(4-6-12)19-24-25-20(32-19)17(23)13(9-16(22)27)14-7-11(21)8-15(18(14)28)33(29,30)31/h3-8,13,17,28H,9,23H2,1-2H3,(H2,22,27)(H,29,30,31)/t13?,17-/m0/s1. The summed E-state index contributed by atoms with van der Waals surface area (Å²) in [5.41, 5.74) is 13.1. The number of rotatable bonds is 8. The Labute approximate surface area is 194 Å². The van der Waals surface area contributed by atoms with Gasteiger partial charge in [-0.2, -0.15) is 8.42 Å². The summed E-state index contributed by atoms with van der Waals surface area (Å²) in [6, 6.07) is 8.19. The number of anilines is 1. The zero-order valence-electron chi connectivity index (χ0n) is 17.6. The number of hydrogen-bond donors (Lipinski definition) is 4. The van der Waals surface area contributed by atoms with E-state index in [1.165, 1.54) is 6.07 Å². The lowest BCUT2D eigenvalue weighted by Crippen LogP contribution is -2.26. The molecular weight excluding hydrogens is 474 g/mol. The molecule has 0 saturated carbocycles. The molecule has 1 amide bonds. The summed E-state index contributed by atoms with van der Waals surface area (Å²) in [4.78, 5) is 12.8. The van der Waals surface area contributed by atoms with E-state index >= 15 is 0 Å². The maximum Gasteiger partial charge on any atom is 0.298 e. The van der Waals surface area contributed by atoms with Gasteiger partial charge in [-0.3, -0.25) is 9.35 Å². The van der Waals surface area contributed by atoms with Gasteiger partial charge in [-0.1, -0.05) is 11.6 Å². The highest BCUT2D eigenvalue weighted by Gasteiger charge is 2.32. The van der Waals surface area contributed by atoms with Gasteiger partial charge in [0.05, 0.1) is 6.04 Å². The van der Waals surface area contributed by atoms with Crippen molar-refractivity contribution in [1.29, 1.82) is 0 Å². The van der Waals surface area contributed by atoms with Crippen molar-refractivity contribution in [1.82, 2.24) is 10.2 Å². The summed E-state index contributed by atoms with van der Waals surface area (Å²) in [6.07, 6.45) is -0.408. The van der Waals surface area contributed by atoms with E-state index in [-0.39, 0.29) is 22.4 Å². The first-order chi connectivity index (χ1) is 15.4. The predicted octanol–water partition coefficient (Wildman–Crippen LogP) is 2.07. The first kappa shape index (κ1) is 24.5. The van der Waals surface area contributed by atoms with Crippen LogP contribution in [0.15, 0.2) is 45.7 Å². The average molecular weight is 496 g/mol. The van der Waals surface area contributed by atoms with Gasteiger partial charge in [0.25, 0.3) is 10.1 Å². The van der Waals surface area contributed by atoms with E-state index in [1.807, 2.05) is 31.1 Å². The molecular formula is C20H22ClN5O6S. The summed E-state index contributed by atoms with van der Waals surface area (Å²) < 4.78 is 38.4. The zero-order chi connectivity index (χ0) is 24.5. The van der Waals surface area contributed by atoms with E-state index in [9.17, 15) is 22.9 Å². The number of phenols is 1. The molecule has 2 aromatic carbocycles. The Morgan fingerprint density at radius 2 is 1.85 bits per heavy atom. The molecule has 0 bridgehead atoms. The molecule has 6 N–H and O–H groups in total. The first-order valence-corrected chi connectivity index (χ1v) is 11.3. The second-order valence-corrected chi connectivity index (χ2v) is 9.33. The average Bonchev–Trinajstić information content (AvgIpc) is 3.22. The van der Waals surface area contributed by atoms with Crippen LogP contribution in [-0.2, 0) is 14.9 Å². The van der Waals surface area contributed by atoms with Gasteiger partial charge in [0.2, 0.25) is 17.7 Å². The fourth-order valence-electron chi connectivity index (χ4n) is 3.28. The quantitative estimate of drug-likeness (QED) is 0.337. The van der Waals surface area contributed by atoms with Crippen molar-refractivity contribution >= 4 is 33.3 Å². The molecule has 2 atom stereocenters. The lowest BCUT2D eigenvalue weighted by molar-refractivity contribution is -0.118. The Morgan fingerprint density at radius 1 is 1.21 bits per heavy atom. The Bertz CT molecular complexity index is 1280. The largest absolute Gasteiger partial charge is 0.506 e. The predicted molar refractivity (Wildman–Crippen MR) is 120 cm³/mol. The van der Waals surface area contributed by atoms with E-state index in [0.29, 0.717) is 5.56 Å². The van der Waals surface area contributed by atoms with Crippen LogP contribution in [0.25, 0.3) is 11.5 Å². The maximum atomic E-state index is 11.7. The highest BCUT2D eigenvalue weighted by molar-refractivity contribution is 7.86. The van der Waals surface area contributed by atoms with Crippen molar-refractivity contribution in [3.8, 4) is 17.2 Å². The molecule has 176 valence electrons. The van der Waals surface area contributed by atoms with Crippen LogP contribution in [0.1, 0.15) is 29.8 Å². The number of amides is 1. The minimum absolute atomic E-state index is 0.0827. The minimum atomic E-state index is -4.82. The van der Waals surface area contributed by atoms with Crippen molar-refractivity contribution in [3.63, 3.8) is 0 Å².